The molecule has 1 N–H and O–H groups in total. The third-order valence-electron chi connectivity index (χ3n) is 4.08. The number of aryl methyl sites for hydroxylation is 1. The third kappa shape index (κ3) is 3.19. The smallest absolute Gasteiger partial charge is 0.255 e. The van der Waals surface area contributed by atoms with E-state index < -0.39 is 0 Å². The average Bonchev–Trinajstić information content (AvgIpc) is 2.99. The van der Waals surface area contributed by atoms with Gasteiger partial charge < -0.3 is 14.6 Å². The maximum Gasteiger partial charge on any atom is 0.255 e. The number of carbonyl (C=O) groups is 1. The molecule has 0 bridgehead atoms. The summed E-state index contributed by atoms with van der Waals surface area (Å²) in [5.74, 6) is 0.191. The van der Waals surface area contributed by atoms with Gasteiger partial charge in [0.1, 0.15) is 18.4 Å². The SMILES string of the molecule is COc1ncnc(Cn2cc(C(=O)NCC#N)c3ncc(C)cc32)c1C. The van der Waals surface area contributed by atoms with Crippen LogP contribution in [0.2, 0.25) is 0 Å². The first-order chi connectivity index (χ1) is 12.5. The Morgan fingerprint density at radius 2 is 2.15 bits per heavy atom. The molecule has 0 aliphatic carbocycles. The number of methoxy groups -OCH3 is 1. The normalized spacial score (nSPS) is 10.5. The van der Waals surface area contributed by atoms with Crippen molar-refractivity contribution >= 4 is 16.9 Å². The second-order valence-electron chi connectivity index (χ2n) is 5.85. The van der Waals surface area contributed by atoms with Crippen molar-refractivity contribution in [1.29, 1.82) is 5.26 Å². The zero-order valence-corrected chi connectivity index (χ0v) is 14.8. The molecule has 3 aromatic rings. The molecule has 0 saturated heterocycles. The molecule has 26 heavy (non-hydrogen) atoms. The molecule has 3 aromatic heterocycles. The fourth-order valence-electron chi connectivity index (χ4n) is 2.77. The summed E-state index contributed by atoms with van der Waals surface area (Å²) in [4.78, 5) is 25.2. The van der Waals surface area contributed by atoms with E-state index in [9.17, 15) is 4.79 Å². The van der Waals surface area contributed by atoms with Gasteiger partial charge in [-0.1, -0.05) is 0 Å². The monoisotopic (exact) mass is 350 g/mol. The summed E-state index contributed by atoms with van der Waals surface area (Å²) in [6.45, 7) is 4.22. The van der Waals surface area contributed by atoms with E-state index in [1.807, 2.05) is 30.6 Å². The number of amides is 1. The van der Waals surface area contributed by atoms with Crippen LogP contribution in [0.3, 0.4) is 0 Å². The number of pyridine rings is 1. The highest BCUT2D eigenvalue weighted by Crippen LogP contribution is 2.23. The highest BCUT2D eigenvalue weighted by Gasteiger charge is 2.18. The summed E-state index contributed by atoms with van der Waals surface area (Å²) >= 11 is 0. The van der Waals surface area contributed by atoms with E-state index in [4.69, 9.17) is 10.00 Å². The Balaban J connectivity index is 2.07. The van der Waals surface area contributed by atoms with Gasteiger partial charge in [-0.05, 0) is 25.5 Å². The summed E-state index contributed by atoms with van der Waals surface area (Å²) in [6.07, 6.45) is 4.90. The lowest BCUT2D eigenvalue weighted by Gasteiger charge is -2.10. The van der Waals surface area contributed by atoms with E-state index in [-0.39, 0.29) is 12.5 Å². The summed E-state index contributed by atoms with van der Waals surface area (Å²) in [7, 11) is 1.56. The Hall–Kier alpha value is -3.47. The van der Waals surface area contributed by atoms with Crippen LogP contribution < -0.4 is 10.1 Å². The van der Waals surface area contributed by atoms with Crippen LogP contribution in [0.15, 0.2) is 24.8 Å². The van der Waals surface area contributed by atoms with E-state index in [0.29, 0.717) is 23.5 Å². The predicted octanol–water partition coefficient (Wildman–Crippen LogP) is 1.75. The van der Waals surface area contributed by atoms with Crippen molar-refractivity contribution in [3.05, 3.63) is 47.2 Å². The second kappa shape index (κ2) is 7.19. The number of nitriles is 1. The van der Waals surface area contributed by atoms with Crippen molar-refractivity contribution in [3.8, 4) is 11.9 Å². The standard InChI is InChI=1S/C18H18N6O2/c1-11-6-15-16(21-7-11)13(17(25)20-5-4-19)8-24(15)9-14-12(2)18(26-3)23-10-22-14/h6-8,10H,5,9H2,1-3H3,(H,20,25). The molecule has 1 amide bonds. The molecule has 3 heterocycles. The van der Waals surface area contributed by atoms with E-state index in [1.54, 1.807) is 19.5 Å². The minimum Gasteiger partial charge on any atom is -0.481 e. The van der Waals surface area contributed by atoms with Crippen LogP contribution in [0.1, 0.15) is 27.2 Å². The number of nitrogens with zero attached hydrogens (tertiary/aromatic N) is 5. The Labute approximate surface area is 150 Å². The van der Waals surface area contributed by atoms with Crippen molar-refractivity contribution in [2.75, 3.05) is 13.7 Å². The van der Waals surface area contributed by atoms with Gasteiger partial charge in [0.25, 0.3) is 5.91 Å². The van der Waals surface area contributed by atoms with Crippen molar-refractivity contribution < 1.29 is 9.53 Å². The molecule has 0 aromatic carbocycles. The van der Waals surface area contributed by atoms with Gasteiger partial charge in [0.05, 0.1) is 36.5 Å². The number of hydrogen-bond acceptors (Lipinski definition) is 6. The van der Waals surface area contributed by atoms with Gasteiger partial charge in [-0.25, -0.2) is 9.97 Å². The number of rotatable bonds is 5. The lowest BCUT2D eigenvalue weighted by Crippen LogP contribution is -2.23. The van der Waals surface area contributed by atoms with Gasteiger partial charge in [0, 0.05) is 18.0 Å². The first-order valence-electron chi connectivity index (χ1n) is 8.00. The van der Waals surface area contributed by atoms with Crippen LogP contribution >= 0.6 is 0 Å². The molecule has 3 rings (SSSR count). The van der Waals surface area contributed by atoms with E-state index in [1.165, 1.54) is 6.33 Å². The average molecular weight is 350 g/mol. The molecule has 8 heteroatoms. The van der Waals surface area contributed by atoms with Gasteiger partial charge >= 0.3 is 0 Å². The quantitative estimate of drug-likeness (QED) is 0.703. The molecule has 0 aliphatic heterocycles. The molecule has 0 saturated carbocycles. The minimum atomic E-state index is -0.330. The second-order valence-corrected chi connectivity index (χ2v) is 5.85. The Morgan fingerprint density at radius 1 is 1.35 bits per heavy atom. The van der Waals surface area contributed by atoms with Gasteiger partial charge in [-0.3, -0.25) is 9.78 Å². The van der Waals surface area contributed by atoms with Crippen molar-refractivity contribution in [3.63, 3.8) is 0 Å². The van der Waals surface area contributed by atoms with Crippen LogP contribution in [0.4, 0.5) is 0 Å². The Kier molecular flexibility index (Phi) is 4.80. The zero-order valence-electron chi connectivity index (χ0n) is 14.8. The maximum absolute atomic E-state index is 12.4. The highest BCUT2D eigenvalue weighted by atomic mass is 16.5. The van der Waals surface area contributed by atoms with E-state index in [0.717, 1.165) is 22.3 Å². The van der Waals surface area contributed by atoms with Crippen LogP contribution in [0.5, 0.6) is 5.88 Å². The van der Waals surface area contributed by atoms with Crippen molar-refractivity contribution in [1.82, 2.24) is 24.8 Å². The molecular weight excluding hydrogens is 332 g/mol. The van der Waals surface area contributed by atoms with Crippen LogP contribution in [-0.2, 0) is 6.54 Å². The van der Waals surface area contributed by atoms with Gasteiger partial charge in [0.15, 0.2) is 0 Å². The van der Waals surface area contributed by atoms with E-state index in [2.05, 4.69) is 20.3 Å². The molecule has 0 spiro atoms. The summed E-state index contributed by atoms with van der Waals surface area (Å²) < 4.78 is 7.17. The molecule has 0 atom stereocenters. The van der Waals surface area contributed by atoms with Crippen LogP contribution in [0, 0.1) is 25.2 Å². The number of nitrogens with one attached hydrogen (secondary N) is 1. The van der Waals surface area contributed by atoms with Gasteiger partial charge in [-0.2, -0.15) is 5.26 Å². The zero-order chi connectivity index (χ0) is 18.7. The summed E-state index contributed by atoms with van der Waals surface area (Å²) in [5.41, 5.74) is 4.45. The van der Waals surface area contributed by atoms with E-state index >= 15 is 0 Å². The van der Waals surface area contributed by atoms with Gasteiger partial charge in [0.2, 0.25) is 5.88 Å². The van der Waals surface area contributed by atoms with Crippen molar-refractivity contribution in [2.45, 2.75) is 20.4 Å². The number of carbonyl (C=O) groups excluding carboxylic acids is 1. The number of fused-ring (bicyclic) bond motifs is 1. The lowest BCUT2D eigenvalue weighted by atomic mass is 10.2. The lowest BCUT2D eigenvalue weighted by molar-refractivity contribution is 0.0959. The minimum absolute atomic E-state index is 0.0560. The van der Waals surface area contributed by atoms with Crippen LogP contribution in [-0.4, -0.2) is 39.1 Å². The number of aromatic nitrogens is 4. The maximum atomic E-state index is 12.4. The molecule has 0 radical (unpaired) electrons. The largest absolute Gasteiger partial charge is 0.481 e. The first kappa shape index (κ1) is 17.4. The van der Waals surface area contributed by atoms with Gasteiger partial charge in [-0.15, -0.1) is 0 Å². The molecule has 0 unspecified atom stereocenters. The predicted molar refractivity (Wildman–Crippen MR) is 94.8 cm³/mol. The highest BCUT2D eigenvalue weighted by molar-refractivity contribution is 6.05. The Bertz CT molecular complexity index is 1020. The molecule has 8 nitrogen and oxygen atoms in total. The first-order valence-corrected chi connectivity index (χ1v) is 8.00. The molecule has 0 aliphatic rings. The Morgan fingerprint density at radius 3 is 2.88 bits per heavy atom. The molecule has 132 valence electrons. The number of hydrogen-bond donors (Lipinski definition) is 1. The summed E-state index contributed by atoms with van der Waals surface area (Å²) in [6, 6.07) is 3.87. The number of ether oxygens (including phenoxy) is 1. The third-order valence-corrected chi connectivity index (χ3v) is 4.08. The topological polar surface area (TPSA) is 106 Å². The fraction of sp³-hybridized carbons (Fsp3) is 0.278. The summed E-state index contributed by atoms with van der Waals surface area (Å²) in [5, 5.41) is 11.2. The molecule has 0 fully saturated rings. The van der Waals surface area contributed by atoms with Crippen molar-refractivity contribution in [2.24, 2.45) is 0 Å². The van der Waals surface area contributed by atoms with Crippen LogP contribution in [0.25, 0.3) is 11.0 Å². The molecular formula is C18H18N6O2. The fourth-order valence-corrected chi connectivity index (χ4v) is 2.77.